The number of nitrogens with one attached hydrogen (secondary N) is 2. The van der Waals surface area contributed by atoms with Gasteiger partial charge < -0.3 is 30.7 Å². The van der Waals surface area contributed by atoms with Crippen LogP contribution in [-0.4, -0.2) is 44.4 Å². The number of nitrogens with zero attached hydrogens (tertiary/aromatic N) is 1. The van der Waals surface area contributed by atoms with E-state index in [4.69, 9.17) is 15.2 Å². The van der Waals surface area contributed by atoms with Gasteiger partial charge in [0.1, 0.15) is 0 Å². The van der Waals surface area contributed by atoms with Gasteiger partial charge >= 0.3 is 18.0 Å². The van der Waals surface area contributed by atoms with Gasteiger partial charge in [-0.05, 0) is 80.3 Å². The molecule has 2 aromatic carbocycles. The lowest BCUT2D eigenvalue weighted by Gasteiger charge is -2.31. The van der Waals surface area contributed by atoms with Crippen LogP contribution in [0.25, 0.3) is 0 Å². The molecule has 0 aliphatic carbocycles. The van der Waals surface area contributed by atoms with Crippen LogP contribution in [0.4, 0.5) is 21.9 Å². The van der Waals surface area contributed by atoms with Crippen molar-refractivity contribution >= 4 is 35.0 Å². The molecule has 0 radical (unpaired) electrons. The van der Waals surface area contributed by atoms with E-state index in [1.807, 2.05) is 56.3 Å². The minimum atomic E-state index is -0.450. The minimum Gasteiger partial charge on any atom is -0.428 e. The monoisotopic (exact) mass is 582 g/mol. The van der Waals surface area contributed by atoms with Crippen LogP contribution < -0.4 is 21.3 Å². The van der Waals surface area contributed by atoms with E-state index in [1.54, 1.807) is 0 Å². The first kappa shape index (κ1) is 34.6. The molecule has 0 aliphatic rings. The van der Waals surface area contributed by atoms with E-state index in [-0.39, 0.29) is 24.8 Å². The maximum atomic E-state index is 13.1. The number of rotatable bonds is 17. The second-order valence-corrected chi connectivity index (χ2v) is 11.6. The highest BCUT2D eigenvalue weighted by atomic mass is 16.7. The Hall–Kier alpha value is -3.59. The number of carbonyl (C=O) groups excluding carboxylic acids is 3. The van der Waals surface area contributed by atoms with Crippen molar-refractivity contribution in [2.45, 2.75) is 79.6 Å². The second-order valence-electron chi connectivity index (χ2n) is 11.6. The molecular formula is C33H50N4O5. The number of hydrogen-bond donors (Lipinski definition) is 3. The molecule has 0 fully saturated rings. The Balaban J connectivity index is 2.22. The molecule has 0 aromatic heterocycles. The standard InChI is InChI=1S/C33H50N4O5/c1-7-26(19-32(39)42-22-41-31(38)10-8-9-17-34)27-13-16-30(37(20-23(2)3)21-24(4)5)29(18-27)36-33(40)35-28-14-11-25(6)12-15-28/h11-16,18,23-24,26H,7-10,17,19-22,34H2,1-6H3,(H2,35,36,40). The van der Waals surface area contributed by atoms with Gasteiger partial charge in [0, 0.05) is 25.2 Å². The number of anilines is 3. The van der Waals surface area contributed by atoms with Crippen molar-refractivity contribution in [2.24, 2.45) is 17.6 Å². The molecule has 0 saturated carbocycles. The highest BCUT2D eigenvalue weighted by Crippen LogP contribution is 2.34. The van der Waals surface area contributed by atoms with E-state index in [0.717, 1.165) is 36.3 Å². The van der Waals surface area contributed by atoms with E-state index in [2.05, 4.69) is 43.2 Å². The van der Waals surface area contributed by atoms with Crippen LogP contribution >= 0.6 is 0 Å². The Morgan fingerprint density at radius 2 is 1.52 bits per heavy atom. The third kappa shape index (κ3) is 12.5. The molecule has 0 spiro atoms. The number of amides is 2. The lowest BCUT2D eigenvalue weighted by atomic mass is 9.92. The molecule has 9 nitrogen and oxygen atoms in total. The van der Waals surface area contributed by atoms with Crippen LogP contribution in [0.1, 0.15) is 83.8 Å². The molecule has 1 atom stereocenters. The molecule has 1 unspecified atom stereocenters. The smallest absolute Gasteiger partial charge is 0.323 e. The first-order chi connectivity index (χ1) is 20.0. The number of carbonyl (C=O) groups is 3. The van der Waals surface area contributed by atoms with Crippen molar-refractivity contribution in [1.29, 1.82) is 0 Å². The predicted molar refractivity (Wildman–Crippen MR) is 170 cm³/mol. The number of urea groups is 1. The van der Waals surface area contributed by atoms with Crippen molar-refractivity contribution in [2.75, 3.05) is 42.0 Å². The Bertz CT molecular complexity index is 1120. The summed E-state index contributed by atoms with van der Waals surface area (Å²) in [6, 6.07) is 13.3. The van der Waals surface area contributed by atoms with Gasteiger partial charge in [-0.3, -0.25) is 9.59 Å². The van der Waals surface area contributed by atoms with Crippen molar-refractivity contribution < 1.29 is 23.9 Å². The van der Waals surface area contributed by atoms with Crippen LogP contribution in [0, 0.1) is 18.8 Å². The summed E-state index contributed by atoms with van der Waals surface area (Å²) in [7, 11) is 0. The summed E-state index contributed by atoms with van der Waals surface area (Å²) in [6.45, 7) is 14.5. The lowest BCUT2D eigenvalue weighted by Crippen LogP contribution is -2.32. The maximum Gasteiger partial charge on any atom is 0.323 e. The number of unbranched alkanes of at least 4 members (excludes halogenated alkanes) is 1. The minimum absolute atomic E-state index is 0.122. The van der Waals surface area contributed by atoms with Gasteiger partial charge in [0.05, 0.1) is 17.8 Å². The summed E-state index contributed by atoms with van der Waals surface area (Å²) in [5.41, 5.74) is 9.77. The number of ether oxygens (including phenoxy) is 2. The average Bonchev–Trinajstić information content (AvgIpc) is 2.92. The topological polar surface area (TPSA) is 123 Å². The van der Waals surface area contributed by atoms with E-state index < -0.39 is 18.7 Å². The summed E-state index contributed by atoms with van der Waals surface area (Å²) < 4.78 is 10.2. The van der Waals surface area contributed by atoms with Gasteiger partial charge in [-0.2, -0.15) is 0 Å². The summed E-state index contributed by atoms with van der Waals surface area (Å²) in [4.78, 5) is 39.8. The van der Waals surface area contributed by atoms with Gasteiger partial charge in [-0.25, -0.2) is 4.79 Å². The SMILES string of the molecule is CCC(CC(=O)OCOC(=O)CCCCN)c1ccc(N(CC(C)C)CC(C)C)c(NC(=O)Nc2ccc(C)cc2)c1. The maximum absolute atomic E-state index is 13.1. The largest absolute Gasteiger partial charge is 0.428 e. The number of hydrogen-bond acceptors (Lipinski definition) is 7. The van der Waals surface area contributed by atoms with Crippen molar-refractivity contribution in [3.8, 4) is 0 Å². The molecule has 232 valence electrons. The molecule has 0 saturated heterocycles. The van der Waals surface area contributed by atoms with Gasteiger partial charge in [0.25, 0.3) is 0 Å². The van der Waals surface area contributed by atoms with Crippen molar-refractivity contribution in [1.82, 2.24) is 0 Å². The Kier molecular flexibility index (Phi) is 14.9. The normalized spacial score (nSPS) is 11.7. The van der Waals surface area contributed by atoms with Crippen molar-refractivity contribution in [3.63, 3.8) is 0 Å². The molecule has 0 aliphatic heterocycles. The summed E-state index contributed by atoms with van der Waals surface area (Å²) in [6.07, 6.45) is 2.43. The zero-order valence-corrected chi connectivity index (χ0v) is 26.2. The van der Waals surface area contributed by atoms with Gasteiger partial charge in [-0.1, -0.05) is 58.4 Å². The van der Waals surface area contributed by atoms with Crippen LogP contribution in [0.15, 0.2) is 42.5 Å². The fraction of sp³-hybridized carbons (Fsp3) is 0.545. The van der Waals surface area contributed by atoms with E-state index in [1.165, 1.54) is 0 Å². The quantitative estimate of drug-likeness (QED) is 0.106. The van der Waals surface area contributed by atoms with Crippen LogP contribution in [0.2, 0.25) is 0 Å². The first-order valence-corrected chi connectivity index (χ1v) is 15.1. The highest BCUT2D eigenvalue weighted by molar-refractivity contribution is 6.02. The van der Waals surface area contributed by atoms with Crippen molar-refractivity contribution in [3.05, 3.63) is 53.6 Å². The fourth-order valence-electron chi connectivity index (χ4n) is 4.66. The third-order valence-electron chi connectivity index (χ3n) is 6.74. The molecule has 42 heavy (non-hydrogen) atoms. The van der Waals surface area contributed by atoms with Crippen LogP contribution in [0.5, 0.6) is 0 Å². The van der Waals surface area contributed by atoms with Crippen LogP contribution in [-0.2, 0) is 19.1 Å². The van der Waals surface area contributed by atoms with E-state index in [0.29, 0.717) is 42.6 Å². The zero-order chi connectivity index (χ0) is 31.1. The number of nitrogens with two attached hydrogens (primary N) is 1. The Labute approximate surface area is 251 Å². The molecule has 0 bridgehead atoms. The second kappa shape index (κ2) is 18.1. The number of esters is 2. The molecule has 4 N–H and O–H groups in total. The molecule has 9 heteroatoms. The lowest BCUT2D eigenvalue weighted by molar-refractivity contribution is -0.167. The number of aryl methyl sites for hydroxylation is 1. The molecule has 2 aromatic rings. The Morgan fingerprint density at radius 1 is 0.881 bits per heavy atom. The van der Waals surface area contributed by atoms with E-state index in [9.17, 15) is 14.4 Å². The zero-order valence-electron chi connectivity index (χ0n) is 26.2. The van der Waals surface area contributed by atoms with Gasteiger partial charge in [0.15, 0.2) is 0 Å². The molecule has 0 heterocycles. The predicted octanol–water partition coefficient (Wildman–Crippen LogP) is 6.81. The molecular weight excluding hydrogens is 532 g/mol. The summed E-state index contributed by atoms with van der Waals surface area (Å²) in [5.74, 6) is -0.160. The molecule has 2 amide bonds. The first-order valence-electron chi connectivity index (χ1n) is 15.1. The summed E-state index contributed by atoms with van der Waals surface area (Å²) in [5, 5.41) is 5.99. The van der Waals surface area contributed by atoms with E-state index >= 15 is 0 Å². The fourth-order valence-corrected chi connectivity index (χ4v) is 4.66. The Morgan fingerprint density at radius 3 is 2.12 bits per heavy atom. The highest BCUT2D eigenvalue weighted by Gasteiger charge is 2.21. The average molecular weight is 583 g/mol. The van der Waals surface area contributed by atoms with Gasteiger partial charge in [-0.15, -0.1) is 0 Å². The van der Waals surface area contributed by atoms with Gasteiger partial charge in [0.2, 0.25) is 6.79 Å². The third-order valence-corrected chi connectivity index (χ3v) is 6.74. The number of benzene rings is 2. The van der Waals surface area contributed by atoms with Crippen LogP contribution in [0.3, 0.4) is 0 Å². The molecule has 2 rings (SSSR count). The summed E-state index contributed by atoms with van der Waals surface area (Å²) >= 11 is 0.